The second kappa shape index (κ2) is 8.52. The summed E-state index contributed by atoms with van der Waals surface area (Å²) in [7, 11) is 0. The van der Waals surface area contributed by atoms with Gasteiger partial charge in [0.25, 0.3) is 0 Å². The van der Waals surface area contributed by atoms with Crippen LogP contribution in [-0.4, -0.2) is 21.1 Å². The van der Waals surface area contributed by atoms with E-state index in [1.54, 1.807) is 0 Å². The lowest BCUT2D eigenvalue weighted by atomic mass is 10.0. The first kappa shape index (κ1) is 19.5. The van der Waals surface area contributed by atoms with Gasteiger partial charge in [-0.05, 0) is 25.0 Å². The highest BCUT2D eigenvalue weighted by atomic mass is 32.2. The molecule has 0 spiro atoms. The fourth-order valence-corrected chi connectivity index (χ4v) is 3.45. The summed E-state index contributed by atoms with van der Waals surface area (Å²) in [6.07, 6.45) is -3.50. The van der Waals surface area contributed by atoms with Crippen LogP contribution in [0, 0.1) is 0 Å². The van der Waals surface area contributed by atoms with Gasteiger partial charge in [-0.1, -0.05) is 36.9 Å². The molecule has 1 aromatic carbocycles. The van der Waals surface area contributed by atoms with Crippen molar-refractivity contribution in [3.05, 3.63) is 35.4 Å². The van der Waals surface area contributed by atoms with Gasteiger partial charge in [-0.25, -0.2) is 4.79 Å². The van der Waals surface area contributed by atoms with Crippen LogP contribution in [-0.2, 0) is 6.18 Å². The van der Waals surface area contributed by atoms with E-state index >= 15 is 0 Å². The van der Waals surface area contributed by atoms with Gasteiger partial charge in [0.05, 0.1) is 11.6 Å². The fraction of sp³-hybridized carbons (Fsp3) is 0.400. The molecule has 1 atom stereocenters. The van der Waals surface area contributed by atoms with E-state index in [9.17, 15) is 18.0 Å². The van der Waals surface area contributed by atoms with E-state index in [4.69, 9.17) is 0 Å². The van der Waals surface area contributed by atoms with E-state index < -0.39 is 23.8 Å². The number of rotatable bonds is 6. The maximum atomic E-state index is 13.1. The number of hydrogen-bond acceptors (Lipinski definition) is 5. The first-order valence-corrected chi connectivity index (χ1v) is 9.27. The second-order valence-corrected chi connectivity index (χ2v) is 6.95. The molecule has 2 rings (SSSR count). The number of carbonyl (C=O) groups excluding carboxylic acids is 1. The second-order valence-electron chi connectivity index (χ2n) is 5.14. The Bertz CT molecular complexity index is 721. The third kappa shape index (κ3) is 5.60. The smallest absolute Gasteiger partial charge is 0.331 e. The van der Waals surface area contributed by atoms with Crippen molar-refractivity contribution < 1.29 is 18.0 Å². The Morgan fingerprint density at radius 3 is 2.76 bits per heavy atom. The van der Waals surface area contributed by atoms with Gasteiger partial charge in [-0.2, -0.15) is 22.5 Å². The van der Waals surface area contributed by atoms with Crippen molar-refractivity contribution in [1.82, 2.24) is 14.7 Å². The van der Waals surface area contributed by atoms with Gasteiger partial charge in [0, 0.05) is 17.3 Å². The molecule has 0 aliphatic carbocycles. The monoisotopic (exact) mass is 390 g/mol. The topological polar surface area (TPSA) is 66.9 Å². The average Bonchev–Trinajstić information content (AvgIpc) is 2.99. The Morgan fingerprint density at radius 1 is 1.36 bits per heavy atom. The Labute approximate surface area is 151 Å². The molecule has 2 aromatic rings. The first-order valence-electron chi connectivity index (χ1n) is 7.51. The zero-order chi connectivity index (χ0) is 18.4. The highest BCUT2D eigenvalue weighted by molar-refractivity contribution is 7.99. The molecule has 0 saturated heterocycles. The van der Waals surface area contributed by atoms with Crippen molar-refractivity contribution in [2.45, 2.75) is 37.6 Å². The molecule has 1 aromatic heterocycles. The highest BCUT2D eigenvalue weighted by Crippen LogP contribution is 2.34. The zero-order valence-electron chi connectivity index (χ0n) is 13.6. The molecule has 1 heterocycles. The van der Waals surface area contributed by atoms with E-state index in [1.807, 2.05) is 6.92 Å². The van der Waals surface area contributed by atoms with Crippen LogP contribution < -0.4 is 10.6 Å². The van der Waals surface area contributed by atoms with Gasteiger partial charge < -0.3 is 5.32 Å². The maximum Gasteiger partial charge on any atom is 0.416 e. The standard InChI is InChI=1S/C15H17F3N4OS2/c1-3-8-24-14-21-13(25-22-14)20-12(23)19-9(2)10-6-4-5-7-11(10)15(16,17)18/h4-7,9H,3,8H2,1-2H3,(H2,19,20,21,22,23). The summed E-state index contributed by atoms with van der Waals surface area (Å²) in [5.74, 6) is 0.869. The van der Waals surface area contributed by atoms with Crippen molar-refractivity contribution in [2.24, 2.45) is 0 Å². The summed E-state index contributed by atoms with van der Waals surface area (Å²) < 4.78 is 43.2. The molecule has 0 aliphatic heterocycles. The number of benzene rings is 1. The van der Waals surface area contributed by atoms with E-state index in [0.717, 1.165) is 29.8 Å². The molecular formula is C15H17F3N4OS2. The summed E-state index contributed by atoms with van der Waals surface area (Å²) >= 11 is 2.50. The molecule has 0 aliphatic rings. The molecular weight excluding hydrogens is 373 g/mol. The number of carbonyl (C=O) groups is 1. The van der Waals surface area contributed by atoms with Crippen molar-refractivity contribution in [3.8, 4) is 0 Å². The number of nitrogens with one attached hydrogen (secondary N) is 2. The molecule has 2 N–H and O–H groups in total. The van der Waals surface area contributed by atoms with Crippen LogP contribution in [0.3, 0.4) is 0 Å². The Balaban J connectivity index is 2.00. The van der Waals surface area contributed by atoms with E-state index in [1.165, 1.54) is 36.9 Å². The predicted octanol–water partition coefficient (Wildman–Crippen LogP) is 4.94. The average molecular weight is 390 g/mol. The van der Waals surface area contributed by atoms with E-state index in [-0.39, 0.29) is 5.56 Å². The molecule has 10 heteroatoms. The summed E-state index contributed by atoms with van der Waals surface area (Å²) in [4.78, 5) is 16.2. The molecule has 136 valence electrons. The Kier molecular flexibility index (Phi) is 6.65. The van der Waals surface area contributed by atoms with Crippen molar-refractivity contribution >= 4 is 34.5 Å². The number of hydrogen-bond donors (Lipinski definition) is 2. The number of alkyl halides is 3. The van der Waals surface area contributed by atoms with Crippen LogP contribution >= 0.6 is 23.3 Å². The number of aromatic nitrogens is 2. The molecule has 5 nitrogen and oxygen atoms in total. The number of amides is 2. The number of nitrogens with zero attached hydrogens (tertiary/aromatic N) is 2. The Morgan fingerprint density at radius 2 is 2.08 bits per heavy atom. The summed E-state index contributed by atoms with van der Waals surface area (Å²) in [5, 5.41) is 5.86. The number of thioether (sulfide) groups is 1. The fourth-order valence-electron chi connectivity index (χ4n) is 2.05. The summed E-state index contributed by atoms with van der Waals surface area (Å²) in [5.41, 5.74) is -0.765. The minimum Gasteiger partial charge on any atom is -0.331 e. The van der Waals surface area contributed by atoms with Crippen molar-refractivity contribution in [2.75, 3.05) is 11.1 Å². The molecule has 0 saturated carbocycles. The van der Waals surface area contributed by atoms with Gasteiger partial charge in [0.2, 0.25) is 10.3 Å². The van der Waals surface area contributed by atoms with Gasteiger partial charge in [0.15, 0.2) is 0 Å². The van der Waals surface area contributed by atoms with E-state index in [0.29, 0.717) is 10.3 Å². The molecule has 0 fully saturated rings. The van der Waals surface area contributed by atoms with Crippen LogP contribution in [0.5, 0.6) is 0 Å². The number of halogens is 3. The third-order valence-electron chi connectivity index (χ3n) is 3.14. The van der Waals surface area contributed by atoms with Crippen LogP contribution in [0.4, 0.5) is 23.1 Å². The van der Waals surface area contributed by atoms with Crippen LogP contribution in [0.25, 0.3) is 0 Å². The van der Waals surface area contributed by atoms with Gasteiger partial charge >= 0.3 is 12.2 Å². The van der Waals surface area contributed by atoms with Crippen LogP contribution in [0.15, 0.2) is 29.4 Å². The van der Waals surface area contributed by atoms with E-state index in [2.05, 4.69) is 20.0 Å². The number of anilines is 1. The molecule has 0 bridgehead atoms. The molecule has 0 radical (unpaired) electrons. The first-order chi connectivity index (χ1) is 11.8. The third-order valence-corrected chi connectivity index (χ3v) is 4.94. The number of urea groups is 1. The van der Waals surface area contributed by atoms with Crippen molar-refractivity contribution in [3.63, 3.8) is 0 Å². The van der Waals surface area contributed by atoms with Gasteiger partial charge in [-0.15, -0.1) is 0 Å². The highest BCUT2D eigenvalue weighted by Gasteiger charge is 2.34. The van der Waals surface area contributed by atoms with Crippen LogP contribution in [0.1, 0.15) is 37.4 Å². The molecule has 25 heavy (non-hydrogen) atoms. The van der Waals surface area contributed by atoms with Crippen molar-refractivity contribution in [1.29, 1.82) is 0 Å². The minimum absolute atomic E-state index is 0.00149. The van der Waals surface area contributed by atoms with Gasteiger partial charge in [-0.3, -0.25) is 5.32 Å². The van der Waals surface area contributed by atoms with Crippen LogP contribution in [0.2, 0.25) is 0 Å². The lowest BCUT2D eigenvalue weighted by Crippen LogP contribution is -2.32. The zero-order valence-corrected chi connectivity index (χ0v) is 15.2. The summed E-state index contributed by atoms with van der Waals surface area (Å²) in [6, 6.07) is 3.71. The predicted molar refractivity (Wildman–Crippen MR) is 92.9 cm³/mol. The molecule has 2 amide bonds. The molecule has 1 unspecified atom stereocenters. The Hall–Kier alpha value is -1.81. The largest absolute Gasteiger partial charge is 0.416 e. The maximum absolute atomic E-state index is 13.1. The quantitative estimate of drug-likeness (QED) is 0.686. The summed E-state index contributed by atoms with van der Waals surface area (Å²) in [6.45, 7) is 3.53. The SMILES string of the molecule is CCCSc1nsc(NC(=O)NC(C)c2ccccc2C(F)(F)F)n1. The van der Waals surface area contributed by atoms with Gasteiger partial charge in [0.1, 0.15) is 0 Å². The minimum atomic E-state index is -4.48. The lowest BCUT2D eigenvalue weighted by Gasteiger charge is -2.19. The lowest BCUT2D eigenvalue weighted by molar-refractivity contribution is -0.138. The normalized spacial score (nSPS) is 12.7.